The van der Waals surface area contributed by atoms with Gasteiger partial charge < -0.3 is 9.31 Å². The summed E-state index contributed by atoms with van der Waals surface area (Å²) >= 11 is 0. The Hall–Kier alpha value is -0.0151. The van der Waals surface area contributed by atoms with Gasteiger partial charge in [-0.3, -0.25) is 0 Å². The quantitative estimate of drug-likeness (QED) is 0.505. The van der Waals surface area contributed by atoms with Crippen LogP contribution in [0.25, 0.3) is 0 Å². The van der Waals surface area contributed by atoms with Crippen molar-refractivity contribution in [3.05, 3.63) is 0 Å². The largest absolute Gasteiger partial charge is 0.488 e. The van der Waals surface area contributed by atoms with Crippen molar-refractivity contribution in [3.8, 4) is 0 Å². The highest BCUT2D eigenvalue weighted by molar-refractivity contribution is 6.19. The molecule has 1 radical (unpaired) electrons. The highest BCUT2D eigenvalue weighted by Gasteiger charge is 2.21. The van der Waals surface area contributed by atoms with Crippen LogP contribution in [-0.2, 0) is 9.31 Å². The van der Waals surface area contributed by atoms with Crippen LogP contribution in [-0.4, -0.2) is 19.9 Å². The maximum atomic E-state index is 4.92. The second kappa shape index (κ2) is 9.98. The Bertz CT molecular complexity index is 61.1. The second-order valence-electron chi connectivity index (χ2n) is 1.78. The molecule has 1 aliphatic rings. The molecule has 1 fully saturated rings. The molecule has 1 heterocycles. The summed E-state index contributed by atoms with van der Waals surface area (Å²) in [5.41, 5.74) is 0. The van der Waals surface area contributed by atoms with E-state index in [1.807, 2.05) is 41.5 Å². The fraction of sp³-hybridized carbons (Fsp3) is 1.00. The van der Waals surface area contributed by atoms with Crippen LogP contribution in [0, 0.1) is 0 Å². The average Bonchev–Trinajstić information content (AvgIpc) is 2.44. The van der Waals surface area contributed by atoms with E-state index >= 15 is 0 Å². The van der Waals surface area contributed by atoms with Gasteiger partial charge in [-0.05, 0) is 13.8 Å². The minimum absolute atomic E-state index is 0.236. The lowest BCUT2D eigenvalue weighted by atomic mass is 10.3. The van der Waals surface area contributed by atoms with Gasteiger partial charge in [0.1, 0.15) is 0 Å². The molecule has 3 heteroatoms. The van der Waals surface area contributed by atoms with Crippen LogP contribution in [0.2, 0.25) is 0 Å². The third-order valence-corrected chi connectivity index (χ3v) is 1.20. The molecule has 11 heavy (non-hydrogen) atoms. The normalized spacial score (nSPS) is 27.1. The molecular weight excluding hydrogens is 139 g/mol. The van der Waals surface area contributed by atoms with Gasteiger partial charge in [0.05, 0.1) is 12.2 Å². The van der Waals surface area contributed by atoms with Gasteiger partial charge in [0, 0.05) is 0 Å². The highest BCUT2D eigenvalue weighted by atomic mass is 16.6. The minimum Gasteiger partial charge on any atom is -0.408 e. The van der Waals surface area contributed by atoms with Crippen LogP contribution < -0.4 is 0 Å². The predicted molar refractivity (Wildman–Crippen MR) is 49.5 cm³/mol. The van der Waals surface area contributed by atoms with Gasteiger partial charge in [0.15, 0.2) is 0 Å². The van der Waals surface area contributed by atoms with Gasteiger partial charge in [0.2, 0.25) is 0 Å². The van der Waals surface area contributed by atoms with Crippen LogP contribution in [0.1, 0.15) is 41.5 Å². The first-order valence-corrected chi connectivity index (χ1v) is 4.43. The summed E-state index contributed by atoms with van der Waals surface area (Å²) < 4.78 is 9.84. The van der Waals surface area contributed by atoms with Crippen molar-refractivity contribution in [2.45, 2.75) is 53.8 Å². The Morgan fingerprint density at radius 1 is 0.818 bits per heavy atom. The highest BCUT2D eigenvalue weighted by Crippen LogP contribution is 2.07. The van der Waals surface area contributed by atoms with E-state index in [1.165, 1.54) is 7.69 Å². The smallest absolute Gasteiger partial charge is 0.408 e. The summed E-state index contributed by atoms with van der Waals surface area (Å²) in [6.45, 7) is 12.0. The molecule has 2 unspecified atom stereocenters. The van der Waals surface area contributed by atoms with Crippen molar-refractivity contribution in [3.63, 3.8) is 0 Å². The Labute approximate surface area is 71.6 Å². The maximum Gasteiger partial charge on any atom is 0.488 e. The first kappa shape index (κ1) is 13.6. The van der Waals surface area contributed by atoms with Gasteiger partial charge in [-0.1, -0.05) is 27.7 Å². The van der Waals surface area contributed by atoms with Gasteiger partial charge in [-0.25, -0.2) is 0 Å². The van der Waals surface area contributed by atoms with E-state index in [-0.39, 0.29) is 12.2 Å². The summed E-state index contributed by atoms with van der Waals surface area (Å²) in [5.74, 6) is 0. The molecule has 0 amide bonds. The number of hydrogen-bond donors (Lipinski definition) is 0. The summed E-state index contributed by atoms with van der Waals surface area (Å²) in [5, 5.41) is 0. The van der Waals surface area contributed by atoms with Crippen molar-refractivity contribution in [1.82, 2.24) is 0 Å². The van der Waals surface area contributed by atoms with Crippen LogP contribution in [0.15, 0.2) is 0 Å². The molecule has 1 aliphatic heterocycles. The Kier molecular flexibility index (Phi) is 12.3. The third-order valence-electron chi connectivity index (χ3n) is 1.20. The molecule has 0 aromatic rings. The zero-order valence-electron chi connectivity index (χ0n) is 8.55. The van der Waals surface area contributed by atoms with Crippen molar-refractivity contribution in [1.29, 1.82) is 0 Å². The van der Waals surface area contributed by atoms with E-state index in [0.29, 0.717) is 0 Å². The predicted octanol–water partition coefficient (Wildman–Crippen LogP) is 2.40. The van der Waals surface area contributed by atoms with E-state index in [9.17, 15) is 0 Å². The fourth-order valence-electron chi connectivity index (χ4n) is 0.429. The fourth-order valence-corrected chi connectivity index (χ4v) is 0.429. The van der Waals surface area contributed by atoms with Gasteiger partial charge in [-0.2, -0.15) is 0 Å². The molecule has 1 rings (SSSR count). The van der Waals surface area contributed by atoms with Crippen LogP contribution in [0.5, 0.6) is 0 Å². The Balaban J connectivity index is 0. The minimum atomic E-state index is 0.236. The lowest BCUT2D eigenvalue weighted by Crippen LogP contribution is -2.13. The molecule has 0 aromatic carbocycles. The molecule has 67 valence electrons. The monoisotopic (exact) mass is 159 g/mol. The molecule has 2 atom stereocenters. The van der Waals surface area contributed by atoms with Crippen molar-refractivity contribution in [2.75, 3.05) is 0 Å². The summed E-state index contributed by atoms with van der Waals surface area (Å²) in [6, 6.07) is 0. The molecule has 0 spiro atoms. The first-order chi connectivity index (χ1) is 5.30. The molecule has 0 aromatic heterocycles. The maximum absolute atomic E-state index is 4.92. The summed E-state index contributed by atoms with van der Waals surface area (Å²) in [6.07, 6.45) is 0.472. The van der Waals surface area contributed by atoms with Crippen LogP contribution >= 0.6 is 0 Å². The molecule has 0 bridgehead atoms. The molecule has 0 saturated carbocycles. The molecular formula is C8H20BO2. The Morgan fingerprint density at radius 2 is 1.09 bits per heavy atom. The van der Waals surface area contributed by atoms with Crippen LogP contribution in [0.3, 0.4) is 0 Å². The van der Waals surface area contributed by atoms with Crippen molar-refractivity contribution in [2.24, 2.45) is 0 Å². The van der Waals surface area contributed by atoms with Gasteiger partial charge in [0.25, 0.3) is 0 Å². The van der Waals surface area contributed by atoms with Crippen LogP contribution in [0.4, 0.5) is 0 Å². The first-order valence-electron chi connectivity index (χ1n) is 4.43. The van der Waals surface area contributed by atoms with Gasteiger partial charge >= 0.3 is 7.69 Å². The summed E-state index contributed by atoms with van der Waals surface area (Å²) in [7, 11) is 1.40. The standard InChI is InChI=1S/C4H8BO2.2C2H6/c1-3-4(2)7-5-6-3;2*1-2/h3-4H,1-2H3;2*1-2H3. The van der Waals surface area contributed by atoms with E-state index < -0.39 is 0 Å². The third kappa shape index (κ3) is 6.39. The Morgan fingerprint density at radius 3 is 1.18 bits per heavy atom. The van der Waals surface area contributed by atoms with E-state index in [0.717, 1.165) is 0 Å². The lowest BCUT2D eigenvalue weighted by molar-refractivity contribution is 0.187. The van der Waals surface area contributed by atoms with E-state index in [2.05, 4.69) is 0 Å². The number of hydrogen-bond acceptors (Lipinski definition) is 2. The summed E-state index contributed by atoms with van der Waals surface area (Å²) in [4.78, 5) is 0. The van der Waals surface area contributed by atoms with Gasteiger partial charge in [-0.15, -0.1) is 0 Å². The van der Waals surface area contributed by atoms with E-state index in [1.54, 1.807) is 0 Å². The molecule has 0 aliphatic carbocycles. The molecule has 0 N–H and O–H groups in total. The van der Waals surface area contributed by atoms with E-state index in [4.69, 9.17) is 9.31 Å². The zero-order valence-corrected chi connectivity index (χ0v) is 8.55. The lowest BCUT2D eigenvalue weighted by Gasteiger charge is -2.04. The van der Waals surface area contributed by atoms with Crippen molar-refractivity contribution < 1.29 is 9.31 Å². The zero-order chi connectivity index (χ0) is 9.28. The molecule has 2 nitrogen and oxygen atoms in total. The second-order valence-corrected chi connectivity index (χ2v) is 1.78. The topological polar surface area (TPSA) is 18.5 Å². The average molecular weight is 159 g/mol. The number of rotatable bonds is 0. The SMILES string of the molecule is CC.CC.CC1O[B]OC1C. The molecule has 1 saturated heterocycles. The van der Waals surface area contributed by atoms with Crippen molar-refractivity contribution >= 4 is 7.69 Å².